The summed E-state index contributed by atoms with van der Waals surface area (Å²) in [5.74, 6) is -1.58. The quantitative estimate of drug-likeness (QED) is 0.633. The molecular formula is C10H9BrF3NO4. The molecule has 0 unspecified atom stereocenters. The molecule has 9 heteroatoms. The molecule has 0 aliphatic carbocycles. The molecule has 0 heterocycles. The Balaban J connectivity index is 2.90. The Bertz CT molecular complexity index is 453. The van der Waals surface area contributed by atoms with E-state index in [9.17, 15) is 18.0 Å². The minimum Gasteiger partial charge on any atom is -0.405 e. The van der Waals surface area contributed by atoms with E-state index in [1.165, 1.54) is 6.07 Å². The first kappa shape index (κ1) is 15.7. The first-order chi connectivity index (χ1) is 8.83. The highest BCUT2D eigenvalue weighted by Gasteiger charge is 2.33. The molecule has 0 fully saturated rings. The highest BCUT2D eigenvalue weighted by atomic mass is 79.9. The number of aliphatic hydroxyl groups excluding tert-OH is 1. The number of ether oxygens (including phenoxy) is 1. The molecule has 1 aromatic carbocycles. The van der Waals surface area contributed by atoms with Crippen molar-refractivity contribution in [2.45, 2.75) is 6.36 Å². The molecule has 5 nitrogen and oxygen atoms in total. The second-order valence-corrected chi connectivity index (χ2v) is 4.11. The van der Waals surface area contributed by atoms with E-state index in [0.717, 1.165) is 12.1 Å². The van der Waals surface area contributed by atoms with Crippen LogP contribution in [0.1, 0.15) is 10.4 Å². The van der Waals surface area contributed by atoms with E-state index >= 15 is 0 Å². The number of amides is 1. The minimum atomic E-state index is -4.91. The van der Waals surface area contributed by atoms with Crippen LogP contribution in [0.2, 0.25) is 0 Å². The molecular weight excluding hydrogens is 335 g/mol. The third-order valence-electron chi connectivity index (χ3n) is 1.77. The maximum atomic E-state index is 12.2. The summed E-state index contributed by atoms with van der Waals surface area (Å²) in [4.78, 5) is 16.1. The molecule has 0 radical (unpaired) electrons. The third kappa shape index (κ3) is 5.45. The van der Waals surface area contributed by atoms with Crippen molar-refractivity contribution < 1.29 is 32.6 Å². The van der Waals surface area contributed by atoms with Gasteiger partial charge in [-0.15, -0.1) is 13.2 Å². The molecule has 19 heavy (non-hydrogen) atoms. The average Bonchev–Trinajstić information content (AvgIpc) is 2.27. The predicted molar refractivity (Wildman–Crippen MR) is 61.3 cm³/mol. The minimum absolute atomic E-state index is 0.183. The molecule has 1 rings (SSSR count). The van der Waals surface area contributed by atoms with Gasteiger partial charge in [-0.25, -0.2) is 5.48 Å². The second-order valence-electron chi connectivity index (χ2n) is 3.19. The lowest BCUT2D eigenvalue weighted by atomic mass is 10.2. The number of alkyl halides is 3. The van der Waals surface area contributed by atoms with E-state index in [1.54, 1.807) is 0 Å². The van der Waals surface area contributed by atoms with E-state index in [-0.39, 0.29) is 18.8 Å². The highest BCUT2D eigenvalue weighted by Crippen LogP contribution is 2.29. The van der Waals surface area contributed by atoms with Crippen LogP contribution in [-0.4, -0.2) is 30.6 Å². The van der Waals surface area contributed by atoms with Gasteiger partial charge in [-0.2, -0.15) is 0 Å². The Morgan fingerprint density at radius 2 is 2.11 bits per heavy atom. The number of carbonyl (C=O) groups excluding carboxylic acids is 1. The molecule has 1 aromatic rings. The van der Waals surface area contributed by atoms with E-state index < -0.39 is 18.0 Å². The van der Waals surface area contributed by atoms with E-state index in [2.05, 4.69) is 25.5 Å². The number of nitrogens with one attached hydrogen (secondary N) is 1. The fourth-order valence-electron chi connectivity index (χ4n) is 1.11. The van der Waals surface area contributed by atoms with Crippen LogP contribution in [0.5, 0.6) is 5.75 Å². The first-order valence-electron chi connectivity index (χ1n) is 4.92. The SMILES string of the molecule is O=C(NOCCO)c1ccc(Br)cc1OC(F)(F)F. The van der Waals surface area contributed by atoms with Crippen LogP contribution in [0.3, 0.4) is 0 Å². The average molecular weight is 344 g/mol. The van der Waals surface area contributed by atoms with Crippen LogP contribution in [0.15, 0.2) is 22.7 Å². The standard InChI is InChI=1S/C10H9BrF3NO4/c11-6-1-2-7(9(17)15-18-4-3-16)8(5-6)19-10(12,13)14/h1-2,5,16H,3-4H2,(H,15,17). The van der Waals surface area contributed by atoms with Crippen molar-refractivity contribution in [3.05, 3.63) is 28.2 Å². The predicted octanol–water partition coefficient (Wildman–Crippen LogP) is 2.00. The Kier molecular flexibility index (Phi) is 5.58. The molecule has 0 spiro atoms. The van der Waals surface area contributed by atoms with Gasteiger partial charge in [-0.05, 0) is 18.2 Å². The second kappa shape index (κ2) is 6.73. The fourth-order valence-corrected chi connectivity index (χ4v) is 1.45. The molecule has 1 amide bonds. The van der Waals surface area contributed by atoms with Crippen molar-refractivity contribution in [2.75, 3.05) is 13.2 Å². The van der Waals surface area contributed by atoms with Crippen LogP contribution >= 0.6 is 15.9 Å². The lowest BCUT2D eigenvalue weighted by molar-refractivity contribution is -0.274. The first-order valence-corrected chi connectivity index (χ1v) is 5.71. The Morgan fingerprint density at radius 1 is 1.42 bits per heavy atom. The van der Waals surface area contributed by atoms with E-state index in [4.69, 9.17) is 5.11 Å². The van der Waals surface area contributed by atoms with Gasteiger partial charge >= 0.3 is 6.36 Å². The normalized spacial score (nSPS) is 11.2. The maximum absolute atomic E-state index is 12.2. The molecule has 0 aliphatic rings. The Hall–Kier alpha value is -1.32. The van der Waals surface area contributed by atoms with E-state index in [0.29, 0.717) is 4.47 Å². The number of hydrogen-bond acceptors (Lipinski definition) is 4. The van der Waals surface area contributed by atoms with Crippen molar-refractivity contribution in [1.82, 2.24) is 5.48 Å². The number of hydrogen-bond donors (Lipinski definition) is 2. The van der Waals surface area contributed by atoms with Crippen LogP contribution in [0.25, 0.3) is 0 Å². The van der Waals surface area contributed by atoms with Gasteiger partial charge in [0.05, 0.1) is 18.8 Å². The largest absolute Gasteiger partial charge is 0.573 e. The number of halogens is 4. The Labute approximate surface area is 114 Å². The van der Waals surface area contributed by atoms with Gasteiger partial charge in [-0.3, -0.25) is 9.63 Å². The molecule has 0 atom stereocenters. The van der Waals surface area contributed by atoms with Crippen LogP contribution in [0, 0.1) is 0 Å². The molecule has 0 aromatic heterocycles. The summed E-state index contributed by atoms with van der Waals surface area (Å²) in [6, 6.07) is 3.53. The molecule has 0 bridgehead atoms. The molecule has 106 valence electrons. The molecule has 0 saturated carbocycles. The van der Waals surface area contributed by atoms with Gasteiger partial charge in [-0.1, -0.05) is 15.9 Å². The summed E-state index contributed by atoms with van der Waals surface area (Å²) in [6.07, 6.45) is -4.91. The van der Waals surface area contributed by atoms with Gasteiger partial charge in [0.1, 0.15) is 5.75 Å². The monoisotopic (exact) mass is 343 g/mol. The van der Waals surface area contributed by atoms with Gasteiger partial charge in [0.15, 0.2) is 0 Å². The zero-order valence-corrected chi connectivity index (χ0v) is 10.9. The Morgan fingerprint density at radius 3 is 2.68 bits per heavy atom. The third-order valence-corrected chi connectivity index (χ3v) is 2.27. The summed E-state index contributed by atoms with van der Waals surface area (Å²) in [7, 11) is 0. The lowest BCUT2D eigenvalue weighted by Crippen LogP contribution is -2.27. The van der Waals surface area contributed by atoms with Crippen molar-refractivity contribution >= 4 is 21.8 Å². The van der Waals surface area contributed by atoms with E-state index in [1.807, 2.05) is 5.48 Å². The summed E-state index contributed by atoms with van der Waals surface area (Å²) in [6.45, 7) is -0.524. The van der Waals surface area contributed by atoms with Crippen LogP contribution < -0.4 is 10.2 Å². The lowest BCUT2D eigenvalue weighted by Gasteiger charge is -2.13. The van der Waals surface area contributed by atoms with Gasteiger partial charge in [0.2, 0.25) is 0 Å². The number of aliphatic hydroxyl groups is 1. The topological polar surface area (TPSA) is 67.8 Å². The highest BCUT2D eigenvalue weighted by molar-refractivity contribution is 9.10. The van der Waals surface area contributed by atoms with Gasteiger partial charge in [0, 0.05) is 4.47 Å². The van der Waals surface area contributed by atoms with Crippen molar-refractivity contribution in [2.24, 2.45) is 0 Å². The number of rotatable bonds is 5. The summed E-state index contributed by atoms with van der Waals surface area (Å²) >= 11 is 2.97. The maximum Gasteiger partial charge on any atom is 0.573 e. The van der Waals surface area contributed by atoms with Crippen LogP contribution in [-0.2, 0) is 4.84 Å². The fraction of sp³-hybridized carbons (Fsp3) is 0.300. The molecule has 2 N–H and O–H groups in total. The number of hydroxylamine groups is 1. The summed E-state index contributed by atoms with van der Waals surface area (Å²) < 4.78 is 40.6. The zero-order chi connectivity index (χ0) is 14.5. The smallest absolute Gasteiger partial charge is 0.405 e. The number of benzene rings is 1. The van der Waals surface area contributed by atoms with Crippen LogP contribution in [0.4, 0.5) is 13.2 Å². The van der Waals surface area contributed by atoms with Gasteiger partial charge < -0.3 is 9.84 Å². The number of carbonyl (C=O) groups is 1. The van der Waals surface area contributed by atoms with Gasteiger partial charge in [0.25, 0.3) is 5.91 Å². The molecule has 0 saturated heterocycles. The van der Waals surface area contributed by atoms with Crippen molar-refractivity contribution in [3.8, 4) is 5.75 Å². The zero-order valence-electron chi connectivity index (χ0n) is 9.33. The van der Waals surface area contributed by atoms with Crippen molar-refractivity contribution in [1.29, 1.82) is 0 Å². The summed E-state index contributed by atoms with van der Waals surface area (Å²) in [5, 5.41) is 8.44. The van der Waals surface area contributed by atoms with Crippen molar-refractivity contribution in [3.63, 3.8) is 0 Å². The molecule has 0 aliphatic heterocycles. The summed E-state index contributed by atoms with van der Waals surface area (Å²) in [5.41, 5.74) is 1.54.